The number of carbonyl (C=O) groups is 1. The van der Waals surface area contributed by atoms with Gasteiger partial charge in [-0.3, -0.25) is 9.69 Å². The molecule has 17 heavy (non-hydrogen) atoms. The maximum Gasteiger partial charge on any atom is 0.232 e. The molecular formula is C13H15N3O. The second-order valence-corrected chi connectivity index (χ2v) is 4.74. The molecule has 88 valence electrons. The average Bonchev–Trinajstić information content (AvgIpc) is 2.64. The average molecular weight is 229 g/mol. The number of carbonyl (C=O) groups excluding carboxylic acids is 1. The Labute approximate surface area is 101 Å². The van der Waals surface area contributed by atoms with Crippen molar-refractivity contribution in [3.63, 3.8) is 0 Å². The van der Waals surface area contributed by atoms with Crippen molar-refractivity contribution < 1.29 is 4.79 Å². The van der Waals surface area contributed by atoms with E-state index >= 15 is 0 Å². The summed E-state index contributed by atoms with van der Waals surface area (Å²) in [6.45, 7) is 3.96. The molecule has 1 aromatic rings. The molecule has 0 atom stereocenters. The van der Waals surface area contributed by atoms with Crippen molar-refractivity contribution in [2.75, 3.05) is 4.90 Å². The number of hydrogen-bond donors (Lipinski definition) is 1. The Morgan fingerprint density at radius 3 is 2.82 bits per heavy atom. The molecule has 0 saturated carbocycles. The van der Waals surface area contributed by atoms with Gasteiger partial charge in [0, 0.05) is 12.2 Å². The molecule has 0 radical (unpaired) electrons. The number of nitriles is 1. The van der Waals surface area contributed by atoms with E-state index in [9.17, 15) is 4.79 Å². The number of nitrogens with zero attached hydrogens (tertiary/aromatic N) is 2. The van der Waals surface area contributed by atoms with Gasteiger partial charge in [-0.15, -0.1) is 0 Å². The smallest absolute Gasteiger partial charge is 0.232 e. The van der Waals surface area contributed by atoms with Crippen LogP contribution in [0.1, 0.15) is 25.0 Å². The minimum Gasteiger partial charge on any atom is -0.326 e. The molecule has 0 aromatic heterocycles. The number of nitrogens with two attached hydrogens (primary N) is 1. The van der Waals surface area contributed by atoms with Crippen molar-refractivity contribution in [1.29, 1.82) is 5.26 Å². The second-order valence-electron chi connectivity index (χ2n) is 4.74. The zero-order valence-electron chi connectivity index (χ0n) is 10.0. The van der Waals surface area contributed by atoms with Gasteiger partial charge < -0.3 is 5.73 Å². The predicted molar refractivity (Wildman–Crippen MR) is 65.2 cm³/mol. The van der Waals surface area contributed by atoms with Crippen LogP contribution in [0.3, 0.4) is 0 Å². The van der Waals surface area contributed by atoms with Crippen molar-refractivity contribution in [2.24, 2.45) is 5.73 Å². The van der Waals surface area contributed by atoms with Gasteiger partial charge in [0.05, 0.1) is 12.5 Å². The topological polar surface area (TPSA) is 70.1 Å². The first-order valence-electron chi connectivity index (χ1n) is 5.56. The van der Waals surface area contributed by atoms with E-state index in [4.69, 9.17) is 11.0 Å². The van der Waals surface area contributed by atoms with E-state index in [0.717, 1.165) is 16.8 Å². The number of amides is 1. The summed E-state index contributed by atoms with van der Waals surface area (Å²) in [4.78, 5) is 13.6. The highest BCUT2D eigenvalue weighted by molar-refractivity contribution is 6.03. The van der Waals surface area contributed by atoms with Crippen LogP contribution >= 0.6 is 0 Å². The lowest BCUT2D eigenvalue weighted by Crippen LogP contribution is -2.44. The summed E-state index contributed by atoms with van der Waals surface area (Å²) >= 11 is 0. The normalized spacial score (nSPS) is 14.7. The highest BCUT2D eigenvalue weighted by Gasteiger charge is 2.38. The number of fused-ring (bicyclic) bond motifs is 1. The number of benzene rings is 1. The van der Waals surface area contributed by atoms with Crippen LogP contribution in [0.15, 0.2) is 18.2 Å². The van der Waals surface area contributed by atoms with Crippen LogP contribution in [-0.4, -0.2) is 11.4 Å². The predicted octanol–water partition coefficient (Wildman–Crippen LogP) is 1.34. The second kappa shape index (κ2) is 3.86. The Bertz CT molecular complexity index is 514. The summed E-state index contributed by atoms with van der Waals surface area (Å²) in [6, 6.07) is 7.89. The molecule has 0 aliphatic carbocycles. The van der Waals surface area contributed by atoms with Gasteiger partial charge >= 0.3 is 0 Å². The Balaban J connectivity index is 2.49. The van der Waals surface area contributed by atoms with Gasteiger partial charge in [-0.05, 0) is 31.0 Å². The molecule has 1 amide bonds. The summed E-state index contributed by atoms with van der Waals surface area (Å²) in [5.41, 5.74) is 7.56. The van der Waals surface area contributed by atoms with Crippen LogP contribution in [0, 0.1) is 11.3 Å². The largest absolute Gasteiger partial charge is 0.326 e. The fraction of sp³-hybridized carbons (Fsp3) is 0.385. The van der Waals surface area contributed by atoms with Gasteiger partial charge in [0.15, 0.2) is 0 Å². The molecule has 4 nitrogen and oxygen atoms in total. The maximum atomic E-state index is 12.0. The van der Waals surface area contributed by atoms with Gasteiger partial charge in [0.1, 0.15) is 5.54 Å². The molecular weight excluding hydrogens is 214 g/mol. The van der Waals surface area contributed by atoms with E-state index in [1.54, 1.807) is 18.7 Å². The third-order valence-electron chi connectivity index (χ3n) is 3.04. The molecule has 1 aliphatic heterocycles. The fourth-order valence-electron chi connectivity index (χ4n) is 2.16. The lowest BCUT2D eigenvalue weighted by molar-refractivity contribution is -0.118. The maximum absolute atomic E-state index is 12.0. The Morgan fingerprint density at radius 2 is 2.24 bits per heavy atom. The molecule has 4 heteroatoms. The lowest BCUT2D eigenvalue weighted by atomic mass is 10.0. The van der Waals surface area contributed by atoms with Crippen molar-refractivity contribution in [3.05, 3.63) is 29.3 Å². The molecule has 0 bridgehead atoms. The molecule has 1 aliphatic rings. The van der Waals surface area contributed by atoms with Crippen molar-refractivity contribution >= 4 is 11.6 Å². The number of hydrogen-bond acceptors (Lipinski definition) is 3. The van der Waals surface area contributed by atoms with Crippen LogP contribution in [0.5, 0.6) is 0 Å². The van der Waals surface area contributed by atoms with E-state index in [-0.39, 0.29) is 5.91 Å². The van der Waals surface area contributed by atoms with Crippen LogP contribution in [-0.2, 0) is 17.8 Å². The summed E-state index contributed by atoms with van der Waals surface area (Å²) in [5, 5.41) is 9.13. The first-order chi connectivity index (χ1) is 7.99. The third-order valence-corrected chi connectivity index (χ3v) is 3.04. The molecule has 0 saturated heterocycles. The van der Waals surface area contributed by atoms with Crippen molar-refractivity contribution in [2.45, 2.75) is 32.4 Å². The standard InChI is InChI=1S/C13H15N3O/c1-13(2,8-15)16-11-4-3-9(7-14)5-10(11)6-12(16)17/h3-5H,6-7,14H2,1-2H3. The van der Waals surface area contributed by atoms with Gasteiger partial charge in [0.2, 0.25) is 5.91 Å². The zero-order chi connectivity index (χ0) is 12.6. The van der Waals surface area contributed by atoms with Crippen molar-refractivity contribution in [3.8, 4) is 6.07 Å². The van der Waals surface area contributed by atoms with Gasteiger partial charge in [-0.2, -0.15) is 5.26 Å². The van der Waals surface area contributed by atoms with E-state index in [0.29, 0.717) is 13.0 Å². The summed E-state index contributed by atoms with van der Waals surface area (Å²) in [7, 11) is 0. The third kappa shape index (κ3) is 1.79. The Morgan fingerprint density at radius 1 is 1.53 bits per heavy atom. The summed E-state index contributed by atoms with van der Waals surface area (Å²) in [5.74, 6) is -0.0271. The van der Waals surface area contributed by atoms with Crippen LogP contribution in [0.2, 0.25) is 0 Å². The van der Waals surface area contributed by atoms with Crippen LogP contribution in [0.4, 0.5) is 5.69 Å². The summed E-state index contributed by atoms with van der Waals surface area (Å²) in [6.07, 6.45) is 0.355. The van der Waals surface area contributed by atoms with Crippen molar-refractivity contribution in [1.82, 2.24) is 0 Å². The van der Waals surface area contributed by atoms with E-state index in [2.05, 4.69) is 6.07 Å². The number of rotatable bonds is 2. The first kappa shape index (κ1) is 11.6. The fourth-order valence-corrected chi connectivity index (χ4v) is 2.16. The molecule has 2 N–H and O–H groups in total. The highest BCUT2D eigenvalue weighted by atomic mass is 16.2. The number of anilines is 1. The lowest BCUT2D eigenvalue weighted by Gasteiger charge is -2.29. The monoisotopic (exact) mass is 229 g/mol. The van der Waals surface area contributed by atoms with Gasteiger partial charge in [0.25, 0.3) is 0 Å². The SMILES string of the molecule is CC(C)(C#N)N1C(=O)Cc2cc(CN)ccc21. The van der Waals surface area contributed by atoms with Crippen LogP contribution < -0.4 is 10.6 Å². The molecule has 0 fully saturated rings. The first-order valence-corrected chi connectivity index (χ1v) is 5.56. The van der Waals surface area contributed by atoms with E-state index in [1.165, 1.54) is 0 Å². The van der Waals surface area contributed by atoms with E-state index in [1.807, 2.05) is 18.2 Å². The van der Waals surface area contributed by atoms with Gasteiger partial charge in [-0.1, -0.05) is 12.1 Å². The zero-order valence-corrected chi connectivity index (χ0v) is 10.0. The molecule has 1 heterocycles. The Kier molecular flexibility index (Phi) is 2.64. The molecule has 0 unspecified atom stereocenters. The van der Waals surface area contributed by atoms with Crippen LogP contribution in [0.25, 0.3) is 0 Å². The quantitative estimate of drug-likeness (QED) is 0.831. The molecule has 2 rings (SSSR count). The highest BCUT2D eigenvalue weighted by Crippen LogP contribution is 2.34. The van der Waals surface area contributed by atoms with E-state index < -0.39 is 5.54 Å². The van der Waals surface area contributed by atoms with Gasteiger partial charge in [-0.25, -0.2) is 0 Å². The minimum atomic E-state index is -0.813. The molecule has 1 aromatic carbocycles. The summed E-state index contributed by atoms with van der Waals surface area (Å²) < 4.78 is 0. The Hall–Kier alpha value is -1.86. The molecule has 0 spiro atoms. The minimum absolute atomic E-state index is 0.0271.